The molecule has 1 saturated carbocycles. The second kappa shape index (κ2) is 7.01. The van der Waals surface area contributed by atoms with Gasteiger partial charge in [0.25, 0.3) is 0 Å². The molecule has 5 nitrogen and oxygen atoms in total. The van der Waals surface area contributed by atoms with E-state index in [1.807, 2.05) is 6.20 Å². The molecule has 2 aliphatic rings. The van der Waals surface area contributed by atoms with E-state index in [-0.39, 0.29) is 0 Å². The first-order valence-corrected chi connectivity index (χ1v) is 8.92. The Hall–Kier alpha value is -1.40. The van der Waals surface area contributed by atoms with Crippen LogP contribution in [-0.2, 0) is 0 Å². The molecule has 1 saturated heterocycles. The average molecular weight is 378 g/mol. The predicted molar refractivity (Wildman–Crippen MR) is 98.7 cm³/mol. The average Bonchev–Trinajstić information content (AvgIpc) is 3.35. The summed E-state index contributed by atoms with van der Waals surface area (Å²) >= 11 is 3.52. The van der Waals surface area contributed by atoms with Crippen LogP contribution < -0.4 is 10.2 Å². The Morgan fingerprint density at radius 1 is 1.35 bits per heavy atom. The molecule has 124 valence electrons. The number of hydrogen-bond donors (Lipinski definition) is 1. The van der Waals surface area contributed by atoms with Gasteiger partial charge in [-0.25, -0.2) is 4.98 Å². The zero-order chi connectivity index (χ0) is 16.4. The van der Waals surface area contributed by atoms with E-state index < -0.39 is 0 Å². The molecule has 0 bridgehead atoms. The molecule has 1 aromatic heterocycles. The van der Waals surface area contributed by atoms with Gasteiger partial charge in [0.1, 0.15) is 5.82 Å². The van der Waals surface area contributed by atoms with Crippen molar-refractivity contribution >= 4 is 27.7 Å². The third-order valence-electron chi connectivity index (χ3n) is 4.42. The van der Waals surface area contributed by atoms with Crippen LogP contribution in [0.3, 0.4) is 0 Å². The molecular formula is C17H24BrN5. The molecule has 1 aliphatic carbocycles. The number of nitrogens with zero attached hydrogens (tertiary/aromatic N) is 4. The summed E-state index contributed by atoms with van der Waals surface area (Å²) in [6.45, 7) is 10.3. The number of allylic oxidation sites excluding steroid dienone is 2. The second-order valence-electron chi connectivity index (χ2n) is 6.47. The van der Waals surface area contributed by atoms with Crippen molar-refractivity contribution in [2.24, 2.45) is 5.92 Å². The second-order valence-corrected chi connectivity index (χ2v) is 7.32. The largest absolute Gasteiger partial charge is 0.340 e. The number of nitrogens with one attached hydrogen (secondary N) is 1. The molecule has 1 aromatic rings. The fraction of sp³-hybridized carbons (Fsp3) is 0.529. The molecule has 23 heavy (non-hydrogen) atoms. The monoisotopic (exact) mass is 377 g/mol. The highest BCUT2D eigenvalue weighted by atomic mass is 79.9. The van der Waals surface area contributed by atoms with Crippen LogP contribution in [0.5, 0.6) is 0 Å². The normalized spacial score (nSPS) is 19.8. The number of rotatable bonds is 5. The van der Waals surface area contributed by atoms with Crippen molar-refractivity contribution in [3.8, 4) is 0 Å². The Morgan fingerprint density at radius 2 is 2.04 bits per heavy atom. The first kappa shape index (κ1) is 16.5. The number of anilines is 2. The maximum absolute atomic E-state index is 4.68. The fourth-order valence-electron chi connectivity index (χ4n) is 2.72. The zero-order valence-corrected chi connectivity index (χ0v) is 15.4. The molecule has 0 aromatic carbocycles. The van der Waals surface area contributed by atoms with E-state index in [0.29, 0.717) is 0 Å². The molecule has 6 heteroatoms. The Kier molecular flexibility index (Phi) is 5.02. The van der Waals surface area contributed by atoms with Crippen LogP contribution >= 0.6 is 15.9 Å². The minimum absolute atomic E-state index is 0.753. The molecule has 3 rings (SSSR count). The van der Waals surface area contributed by atoms with E-state index in [9.17, 15) is 0 Å². The summed E-state index contributed by atoms with van der Waals surface area (Å²) in [6, 6.07) is 0. The third-order valence-corrected chi connectivity index (χ3v) is 5.00. The molecule has 1 aliphatic heterocycles. The Morgan fingerprint density at radius 3 is 2.70 bits per heavy atom. The van der Waals surface area contributed by atoms with Crippen LogP contribution in [0.25, 0.3) is 0 Å². The number of halogens is 1. The quantitative estimate of drug-likeness (QED) is 0.797. The van der Waals surface area contributed by atoms with Gasteiger partial charge in [-0.3, -0.25) is 0 Å². The zero-order valence-electron chi connectivity index (χ0n) is 13.8. The highest BCUT2D eigenvalue weighted by Gasteiger charge is 2.23. The molecule has 0 atom stereocenters. The predicted octanol–water partition coefficient (Wildman–Crippen LogP) is 3.27. The Balaban J connectivity index is 1.70. The van der Waals surface area contributed by atoms with Crippen molar-refractivity contribution < 1.29 is 0 Å². The van der Waals surface area contributed by atoms with Crippen LogP contribution in [0.2, 0.25) is 0 Å². The summed E-state index contributed by atoms with van der Waals surface area (Å²) in [5.74, 6) is 2.31. The minimum atomic E-state index is 0.753. The van der Waals surface area contributed by atoms with Gasteiger partial charge in [0.2, 0.25) is 5.95 Å². The number of piperazine rings is 1. The maximum atomic E-state index is 4.68. The summed E-state index contributed by atoms with van der Waals surface area (Å²) in [5, 5.41) is 3.31. The van der Waals surface area contributed by atoms with E-state index in [1.165, 1.54) is 18.4 Å². The molecule has 0 spiro atoms. The first-order chi connectivity index (χ1) is 11.0. The minimum Gasteiger partial charge on any atom is -0.340 e. The van der Waals surface area contributed by atoms with E-state index in [2.05, 4.69) is 67.6 Å². The van der Waals surface area contributed by atoms with Crippen molar-refractivity contribution in [1.82, 2.24) is 14.9 Å². The lowest BCUT2D eigenvalue weighted by atomic mass is 10.1. The molecule has 2 fully saturated rings. The van der Waals surface area contributed by atoms with E-state index in [4.69, 9.17) is 0 Å². The van der Waals surface area contributed by atoms with Crippen molar-refractivity contribution in [3.63, 3.8) is 0 Å². The van der Waals surface area contributed by atoms with Crippen LogP contribution in [0.15, 0.2) is 34.6 Å². The third kappa shape index (κ3) is 4.32. The van der Waals surface area contributed by atoms with Crippen LogP contribution in [0.4, 0.5) is 11.8 Å². The summed E-state index contributed by atoms with van der Waals surface area (Å²) in [7, 11) is 2.14. The first-order valence-electron chi connectivity index (χ1n) is 8.13. The topological polar surface area (TPSA) is 44.3 Å². The van der Waals surface area contributed by atoms with Crippen molar-refractivity contribution in [2.45, 2.75) is 19.8 Å². The molecule has 2 heterocycles. The number of hydrogen-bond acceptors (Lipinski definition) is 5. The highest BCUT2D eigenvalue weighted by Crippen LogP contribution is 2.36. The Labute approximate surface area is 146 Å². The SMILES string of the molecule is C=C(/C=C(\C)C1CC1)Nc1nc(N2CCN(C)CC2)ncc1Br. The summed E-state index contributed by atoms with van der Waals surface area (Å²) < 4.78 is 0.856. The van der Waals surface area contributed by atoms with Gasteiger partial charge in [-0.15, -0.1) is 0 Å². The van der Waals surface area contributed by atoms with Gasteiger partial charge in [0.15, 0.2) is 0 Å². The standard InChI is InChI=1S/C17H24BrN5/c1-12(14-4-5-14)10-13(2)20-16-15(18)11-19-17(21-16)23-8-6-22(3)7-9-23/h10-11,14H,2,4-9H2,1,3H3,(H,19,20,21)/b12-10+. The van der Waals surface area contributed by atoms with Gasteiger partial charge in [0.05, 0.1) is 4.47 Å². The van der Waals surface area contributed by atoms with E-state index in [0.717, 1.165) is 54.0 Å². The highest BCUT2D eigenvalue weighted by molar-refractivity contribution is 9.10. The van der Waals surface area contributed by atoms with Gasteiger partial charge in [-0.2, -0.15) is 4.98 Å². The van der Waals surface area contributed by atoms with Crippen LogP contribution in [0, 0.1) is 5.92 Å². The molecule has 0 amide bonds. The summed E-state index contributed by atoms with van der Waals surface area (Å²) in [5.41, 5.74) is 2.27. The lowest BCUT2D eigenvalue weighted by Gasteiger charge is -2.32. The van der Waals surface area contributed by atoms with E-state index >= 15 is 0 Å². The smallest absolute Gasteiger partial charge is 0.227 e. The molecule has 0 unspecified atom stereocenters. The van der Waals surface area contributed by atoms with Gasteiger partial charge < -0.3 is 15.1 Å². The number of likely N-dealkylation sites (N-methyl/N-ethyl adjacent to an activating group) is 1. The van der Waals surface area contributed by atoms with Crippen LogP contribution in [-0.4, -0.2) is 48.1 Å². The number of aromatic nitrogens is 2. The van der Waals surface area contributed by atoms with Gasteiger partial charge in [-0.1, -0.05) is 12.2 Å². The van der Waals surface area contributed by atoms with E-state index in [1.54, 1.807) is 0 Å². The molecule has 0 radical (unpaired) electrons. The van der Waals surface area contributed by atoms with Crippen molar-refractivity contribution in [3.05, 3.63) is 34.6 Å². The van der Waals surface area contributed by atoms with Gasteiger partial charge in [0, 0.05) is 38.1 Å². The van der Waals surface area contributed by atoms with Gasteiger partial charge >= 0.3 is 0 Å². The fourth-order valence-corrected chi connectivity index (χ4v) is 3.01. The Bertz CT molecular complexity index is 615. The summed E-state index contributed by atoms with van der Waals surface area (Å²) in [6.07, 6.45) is 6.55. The molecular weight excluding hydrogens is 354 g/mol. The lowest BCUT2D eigenvalue weighted by molar-refractivity contribution is 0.311. The van der Waals surface area contributed by atoms with Crippen molar-refractivity contribution in [2.75, 3.05) is 43.4 Å². The van der Waals surface area contributed by atoms with Crippen LogP contribution in [0.1, 0.15) is 19.8 Å². The van der Waals surface area contributed by atoms with Gasteiger partial charge in [-0.05, 0) is 54.7 Å². The molecule has 1 N–H and O–H groups in total. The lowest BCUT2D eigenvalue weighted by Crippen LogP contribution is -2.45. The summed E-state index contributed by atoms with van der Waals surface area (Å²) in [4.78, 5) is 13.7. The van der Waals surface area contributed by atoms with Crippen molar-refractivity contribution in [1.29, 1.82) is 0 Å². The maximum Gasteiger partial charge on any atom is 0.227 e.